The van der Waals surface area contributed by atoms with E-state index in [1.165, 1.54) is 52.3 Å². The van der Waals surface area contributed by atoms with Gasteiger partial charge in [-0.25, -0.2) is 9.97 Å². The Kier molecular flexibility index (Phi) is 4.02. The Morgan fingerprint density at radius 3 is 2.48 bits per heavy atom. The van der Waals surface area contributed by atoms with Gasteiger partial charge >= 0.3 is 0 Å². The lowest BCUT2D eigenvalue weighted by atomic mass is 9.82. The van der Waals surface area contributed by atoms with Crippen molar-refractivity contribution in [3.8, 4) is 11.3 Å². The number of benzene rings is 3. The predicted octanol–water partition coefficient (Wildman–Crippen LogP) is 8.49. The highest BCUT2D eigenvalue weighted by molar-refractivity contribution is 7.27. The van der Waals surface area contributed by atoms with Gasteiger partial charge in [0.25, 0.3) is 0 Å². The van der Waals surface area contributed by atoms with Crippen LogP contribution in [0.25, 0.3) is 52.4 Å². The molecular weight excluding hydrogens is 416 g/mol. The van der Waals surface area contributed by atoms with Crippen molar-refractivity contribution >= 4 is 63.8 Å². The molecule has 6 rings (SSSR count). The van der Waals surface area contributed by atoms with Crippen molar-refractivity contribution in [1.82, 2.24) is 9.97 Å². The molecule has 0 unspecified atom stereocenters. The maximum atomic E-state index is 4.84. The molecule has 0 spiro atoms. The summed E-state index contributed by atoms with van der Waals surface area (Å²) in [5.41, 5.74) is 3.59. The van der Waals surface area contributed by atoms with Crippen LogP contribution in [-0.4, -0.2) is 9.97 Å². The quantitative estimate of drug-likeness (QED) is 0.257. The average Bonchev–Trinajstić information content (AvgIpc) is 3.31. The molecule has 3 aromatic carbocycles. The number of fused-ring (bicyclic) bond motifs is 6. The molecule has 6 aromatic rings. The number of hydrogen-bond acceptors (Lipinski definition) is 4. The average molecular weight is 439 g/mol. The van der Waals surface area contributed by atoms with Crippen LogP contribution in [0, 0.1) is 6.92 Å². The summed E-state index contributed by atoms with van der Waals surface area (Å²) in [6, 6.07) is 20.1. The maximum absolute atomic E-state index is 4.84. The Labute approximate surface area is 189 Å². The van der Waals surface area contributed by atoms with Crippen LogP contribution >= 0.6 is 22.7 Å². The first-order valence-electron chi connectivity index (χ1n) is 10.5. The minimum absolute atomic E-state index is 0.0383. The smallest absolute Gasteiger partial charge is 0.128 e. The number of hydrogen-bond donors (Lipinski definition) is 0. The highest BCUT2D eigenvalue weighted by Crippen LogP contribution is 2.44. The van der Waals surface area contributed by atoms with Crippen molar-refractivity contribution in [3.05, 3.63) is 71.4 Å². The van der Waals surface area contributed by atoms with Gasteiger partial charge in [-0.15, -0.1) is 22.7 Å². The molecule has 0 N–H and O–H groups in total. The minimum Gasteiger partial charge on any atom is -0.236 e. The Hall–Kier alpha value is -2.82. The van der Waals surface area contributed by atoms with Crippen molar-refractivity contribution in [1.29, 1.82) is 0 Å². The monoisotopic (exact) mass is 438 g/mol. The van der Waals surface area contributed by atoms with Gasteiger partial charge in [0.15, 0.2) is 0 Å². The van der Waals surface area contributed by atoms with Crippen LogP contribution in [0.1, 0.15) is 31.2 Å². The van der Waals surface area contributed by atoms with Gasteiger partial charge in [0, 0.05) is 30.6 Å². The van der Waals surface area contributed by atoms with Crippen molar-refractivity contribution in [2.75, 3.05) is 0 Å². The largest absolute Gasteiger partial charge is 0.236 e. The zero-order chi connectivity index (χ0) is 21.3. The lowest BCUT2D eigenvalue weighted by Crippen LogP contribution is -2.12. The first kappa shape index (κ1) is 18.9. The first-order chi connectivity index (χ1) is 14.9. The molecule has 0 aliphatic carbocycles. The molecule has 31 heavy (non-hydrogen) atoms. The van der Waals surface area contributed by atoms with Crippen molar-refractivity contribution in [2.45, 2.75) is 33.1 Å². The molecule has 2 nitrogen and oxygen atoms in total. The summed E-state index contributed by atoms with van der Waals surface area (Å²) in [7, 11) is 0. The SMILES string of the molecule is Cc1cc2ccc3sc4ncnc(-c5cc(C(C)(C)C)c6ccccc6c5)c4c3c2s1. The van der Waals surface area contributed by atoms with E-state index in [4.69, 9.17) is 4.98 Å². The summed E-state index contributed by atoms with van der Waals surface area (Å²) >= 11 is 3.63. The van der Waals surface area contributed by atoms with E-state index in [2.05, 4.69) is 87.3 Å². The summed E-state index contributed by atoms with van der Waals surface area (Å²) in [4.78, 5) is 11.9. The van der Waals surface area contributed by atoms with Crippen LogP contribution in [0.2, 0.25) is 0 Å². The summed E-state index contributed by atoms with van der Waals surface area (Å²) in [6.07, 6.45) is 1.72. The van der Waals surface area contributed by atoms with Crippen molar-refractivity contribution < 1.29 is 0 Å². The van der Waals surface area contributed by atoms with Gasteiger partial charge in [0.1, 0.15) is 11.2 Å². The van der Waals surface area contributed by atoms with E-state index in [-0.39, 0.29) is 5.41 Å². The summed E-state index contributed by atoms with van der Waals surface area (Å²) in [5.74, 6) is 0. The van der Waals surface area contributed by atoms with Gasteiger partial charge < -0.3 is 0 Å². The zero-order valence-electron chi connectivity index (χ0n) is 18.0. The molecule has 0 saturated heterocycles. The van der Waals surface area contributed by atoms with E-state index in [0.29, 0.717) is 0 Å². The molecule has 0 radical (unpaired) electrons. The van der Waals surface area contributed by atoms with Crippen LogP contribution in [0.4, 0.5) is 0 Å². The van der Waals surface area contributed by atoms with Crippen LogP contribution in [-0.2, 0) is 5.41 Å². The standard InChI is InChI=1S/C27H22N2S2/c1-15-11-17-9-10-21-22(25(17)30-15)23-24(28-14-29-26(23)31-21)18-12-16-7-5-6-8-19(16)20(13-18)27(2,3)4/h5-14H,1-4H3. The van der Waals surface area contributed by atoms with Gasteiger partial charge in [-0.3, -0.25) is 0 Å². The molecule has 0 bridgehead atoms. The highest BCUT2D eigenvalue weighted by Gasteiger charge is 2.21. The second-order valence-electron chi connectivity index (χ2n) is 9.21. The van der Waals surface area contributed by atoms with E-state index in [1.54, 1.807) is 17.7 Å². The Balaban J connectivity index is 1.76. The molecule has 0 atom stereocenters. The maximum Gasteiger partial charge on any atom is 0.128 e. The summed E-state index contributed by atoms with van der Waals surface area (Å²) in [5, 5.41) is 6.36. The molecule has 0 aliphatic heterocycles. The molecule has 3 heterocycles. The fourth-order valence-corrected chi connectivity index (χ4v) is 6.78. The van der Waals surface area contributed by atoms with Gasteiger partial charge in [0.2, 0.25) is 0 Å². The molecule has 0 aliphatic rings. The third-order valence-electron chi connectivity index (χ3n) is 5.98. The number of nitrogens with zero attached hydrogens (tertiary/aromatic N) is 2. The van der Waals surface area contributed by atoms with Crippen LogP contribution < -0.4 is 0 Å². The third-order valence-corrected chi connectivity index (χ3v) is 8.13. The zero-order valence-corrected chi connectivity index (χ0v) is 19.6. The normalized spacial score (nSPS) is 12.5. The molecule has 4 heteroatoms. The summed E-state index contributed by atoms with van der Waals surface area (Å²) in [6.45, 7) is 9.03. The lowest BCUT2D eigenvalue weighted by Gasteiger charge is -2.22. The lowest BCUT2D eigenvalue weighted by molar-refractivity contribution is 0.596. The topological polar surface area (TPSA) is 25.8 Å². The van der Waals surface area contributed by atoms with Crippen LogP contribution in [0.5, 0.6) is 0 Å². The third kappa shape index (κ3) is 2.89. The Bertz CT molecular complexity index is 1630. The molecular formula is C27H22N2S2. The molecule has 0 amide bonds. The van der Waals surface area contributed by atoms with Gasteiger partial charge in [-0.1, -0.05) is 51.1 Å². The minimum atomic E-state index is 0.0383. The molecule has 0 saturated carbocycles. The van der Waals surface area contributed by atoms with Gasteiger partial charge in [-0.05, 0) is 58.3 Å². The number of rotatable bonds is 1. The van der Waals surface area contributed by atoms with E-state index in [0.717, 1.165) is 10.5 Å². The predicted molar refractivity (Wildman–Crippen MR) is 137 cm³/mol. The van der Waals surface area contributed by atoms with Crippen LogP contribution in [0.15, 0.2) is 60.9 Å². The fraction of sp³-hybridized carbons (Fsp3) is 0.185. The van der Waals surface area contributed by atoms with E-state index in [1.807, 2.05) is 11.3 Å². The van der Waals surface area contributed by atoms with E-state index >= 15 is 0 Å². The molecule has 3 aromatic heterocycles. The number of aryl methyl sites for hydroxylation is 1. The van der Waals surface area contributed by atoms with Gasteiger partial charge in [0.05, 0.1) is 5.69 Å². The van der Waals surface area contributed by atoms with E-state index < -0.39 is 0 Å². The second-order valence-corrected chi connectivity index (χ2v) is 11.5. The van der Waals surface area contributed by atoms with Crippen LogP contribution in [0.3, 0.4) is 0 Å². The van der Waals surface area contributed by atoms with Gasteiger partial charge in [-0.2, -0.15) is 0 Å². The molecule has 152 valence electrons. The molecule has 0 fully saturated rings. The van der Waals surface area contributed by atoms with Crippen molar-refractivity contribution in [2.24, 2.45) is 0 Å². The number of thiophene rings is 2. The second kappa shape index (κ2) is 6.59. The van der Waals surface area contributed by atoms with E-state index in [9.17, 15) is 0 Å². The van der Waals surface area contributed by atoms with Crippen molar-refractivity contribution in [3.63, 3.8) is 0 Å². The summed E-state index contributed by atoms with van der Waals surface area (Å²) < 4.78 is 2.62. The Morgan fingerprint density at radius 2 is 1.65 bits per heavy atom. The fourth-order valence-electron chi connectivity index (χ4n) is 4.60. The Morgan fingerprint density at radius 1 is 0.806 bits per heavy atom. The number of aromatic nitrogens is 2. The highest BCUT2D eigenvalue weighted by atomic mass is 32.1. The first-order valence-corrected chi connectivity index (χ1v) is 12.1.